The SMILES string of the molecule is O=C(NS(=O)(=O)N1CCC1)c1cc(C2CC2)c(OC2CC=C(Cl)CC2)cc1F. The summed E-state index contributed by atoms with van der Waals surface area (Å²) in [6.45, 7) is 0.732. The standard InChI is InChI=1S/C19H22ClFN2O4S/c20-13-4-6-14(7-5-13)27-18-11-17(21)16(10-15(18)12-2-3-12)19(24)22-28(25,26)23-8-1-9-23/h4,10-12,14H,1-3,5-9H2,(H,22,24). The van der Waals surface area contributed by atoms with Crippen LogP contribution < -0.4 is 9.46 Å². The number of halogens is 2. The molecule has 0 radical (unpaired) electrons. The molecular weight excluding hydrogens is 407 g/mol. The average molecular weight is 429 g/mol. The smallest absolute Gasteiger partial charge is 0.304 e. The van der Waals surface area contributed by atoms with E-state index in [2.05, 4.69) is 0 Å². The van der Waals surface area contributed by atoms with Crippen molar-refractivity contribution < 1.29 is 22.3 Å². The molecule has 0 spiro atoms. The third-order valence-corrected chi connectivity index (χ3v) is 7.17. The first kappa shape index (κ1) is 19.7. The molecule has 152 valence electrons. The number of allylic oxidation sites excluding steroid dienone is 1. The Morgan fingerprint density at radius 2 is 2.00 bits per heavy atom. The quantitative estimate of drug-likeness (QED) is 0.753. The van der Waals surface area contributed by atoms with Gasteiger partial charge in [-0.25, -0.2) is 9.11 Å². The lowest BCUT2D eigenvalue weighted by Gasteiger charge is -2.29. The fourth-order valence-corrected chi connectivity index (χ4v) is 4.80. The first-order valence-corrected chi connectivity index (χ1v) is 11.3. The van der Waals surface area contributed by atoms with Crippen LogP contribution in [-0.2, 0) is 10.2 Å². The zero-order valence-corrected chi connectivity index (χ0v) is 16.9. The molecule has 3 aliphatic rings. The fraction of sp³-hybridized carbons (Fsp3) is 0.526. The Hall–Kier alpha value is -1.64. The number of amides is 1. The zero-order chi connectivity index (χ0) is 19.9. The maximum Gasteiger partial charge on any atom is 0.304 e. The highest BCUT2D eigenvalue weighted by Gasteiger charge is 2.33. The van der Waals surface area contributed by atoms with E-state index < -0.39 is 21.9 Å². The summed E-state index contributed by atoms with van der Waals surface area (Å²) >= 11 is 6.00. The molecule has 1 aromatic rings. The second-order valence-corrected chi connectivity index (χ2v) is 9.65. The first-order valence-electron chi connectivity index (χ1n) is 9.50. The van der Waals surface area contributed by atoms with Gasteiger partial charge in [0.2, 0.25) is 0 Å². The maximum atomic E-state index is 14.7. The lowest BCUT2D eigenvalue weighted by Crippen LogP contribution is -2.49. The highest BCUT2D eigenvalue weighted by atomic mass is 35.5. The van der Waals surface area contributed by atoms with E-state index in [0.29, 0.717) is 25.3 Å². The number of nitrogens with zero attached hydrogens (tertiary/aromatic N) is 1. The van der Waals surface area contributed by atoms with E-state index in [1.54, 1.807) is 0 Å². The third-order valence-electron chi connectivity index (χ3n) is 5.34. The van der Waals surface area contributed by atoms with E-state index in [1.807, 2.05) is 10.8 Å². The summed E-state index contributed by atoms with van der Waals surface area (Å²) < 4.78 is 48.1. The minimum Gasteiger partial charge on any atom is -0.490 e. The summed E-state index contributed by atoms with van der Waals surface area (Å²) in [6, 6.07) is 2.65. The predicted octanol–water partition coefficient (Wildman–Crippen LogP) is 3.44. The second kappa shape index (κ2) is 7.65. The highest BCUT2D eigenvalue weighted by molar-refractivity contribution is 7.87. The molecule has 1 aromatic carbocycles. The van der Waals surface area contributed by atoms with Gasteiger partial charge in [-0.2, -0.15) is 12.7 Å². The van der Waals surface area contributed by atoms with E-state index in [-0.39, 0.29) is 17.6 Å². The van der Waals surface area contributed by atoms with Crippen molar-refractivity contribution >= 4 is 27.7 Å². The van der Waals surface area contributed by atoms with Crippen LogP contribution in [0.4, 0.5) is 4.39 Å². The van der Waals surface area contributed by atoms with Crippen molar-refractivity contribution in [3.8, 4) is 5.75 Å². The van der Waals surface area contributed by atoms with E-state index in [1.165, 1.54) is 12.1 Å². The molecule has 1 saturated carbocycles. The average Bonchev–Trinajstić information content (AvgIpc) is 3.39. The van der Waals surface area contributed by atoms with Gasteiger partial charge in [0.1, 0.15) is 17.7 Å². The summed E-state index contributed by atoms with van der Waals surface area (Å²) in [5.41, 5.74) is 0.485. The van der Waals surface area contributed by atoms with Crippen LogP contribution in [0, 0.1) is 5.82 Å². The van der Waals surface area contributed by atoms with Crippen LogP contribution in [0.1, 0.15) is 60.4 Å². The van der Waals surface area contributed by atoms with Gasteiger partial charge in [-0.3, -0.25) is 4.79 Å². The Kier molecular flexibility index (Phi) is 5.37. The minimum atomic E-state index is -3.93. The van der Waals surface area contributed by atoms with Crippen molar-refractivity contribution in [2.45, 2.75) is 50.5 Å². The topological polar surface area (TPSA) is 75.7 Å². The molecule has 0 bridgehead atoms. The Morgan fingerprint density at radius 3 is 2.57 bits per heavy atom. The summed E-state index contributed by atoms with van der Waals surface area (Å²) in [5, 5.41) is 0.809. The largest absolute Gasteiger partial charge is 0.490 e. The van der Waals surface area contributed by atoms with Gasteiger partial charge in [0.25, 0.3) is 5.91 Å². The molecule has 0 aromatic heterocycles. The van der Waals surface area contributed by atoms with Gasteiger partial charge in [0.15, 0.2) is 0 Å². The number of nitrogens with one attached hydrogen (secondary N) is 1. The number of hydrogen-bond acceptors (Lipinski definition) is 4. The summed E-state index contributed by atoms with van der Waals surface area (Å²) in [4.78, 5) is 12.4. The van der Waals surface area contributed by atoms with Gasteiger partial charge >= 0.3 is 10.2 Å². The Bertz CT molecular complexity index is 926. The van der Waals surface area contributed by atoms with Crippen LogP contribution >= 0.6 is 11.6 Å². The van der Waals surface area contributed by atoms with Crippen molar-refractivity contribution in [1.29, 1.82) is 0 Å². The molecule has 9 heteroatoms. The molecule has 2 aliphatic carbocycles. The molecular formula is C19H22ClFN2O4S. The molecule has 1 amide bonds. The molecule has 6 nitrogen and oxygen atoms in total. The molecule has 1 atom stereocenters. The van der Waals surface area contributed by atoms with Gasteiger partial charge < -0.3 is 4.74 Å². The normalized spacial score (nSPS) is 22.9. The third kappa shape index (κ3) is 4.18. The van der Waals surface area contributed by atoms with Crippen LogP contribution in [0.15, 0.2) is 23.2 Å². The highest BCUT2D eigenvalue weighted by Crippen LogP contribution is 2.45. The van der Waals surface area contributed by atoms with Crippen molar-refractivity contribution in [2.24, 2.45) is 0 Å². The molecule has 1 unspecified atom stereocenters. The van der Waals surface area contributed by atoms with Crippen LogP contribution in [0.3, 0.4) is 0 Å². The van der Waals surface area contributed by atoms with Crippen LogP contribution in [-0.4, -0.2) is 37.8 Å². The van der Waals surface area contributed by atoms with Crippen molar-refractivity contribution in [3.63, 3.8) is 0 Å². The number of benzene rings is 1. The minimum absolute atomic E-state index is 0.0918. The lowest BCUT2D eigenvalue weighted by molar-refractivity contribution is 0.0973. The van der Waals surface area contributed by atoms with E-state index >= 15 is 0 Å². The number of hydrogen-bond donors (Lipinski definition) is 1. The monoisotopic (exact) mass is 428 g/mol. The zero-order valence-electron chi connectivity index (χ0n) is 15.3. The van der Waals surface area contributed by atoms with Crippen molar-refractivity contribution in [1.82, 2.24) is 9.03 Å². The molecule has 1 heterocycles. The maximum absolute atomic E-state index is 14.7. The molecule has 1 N–H and O–H groups in total. The van der Waals surface area contributed by atoms with Gasteiger partial charge in [0.05, 0.1) is 5.56 Å². The van der Waals surface area contributed by atoms with Gasteiger partial charge in [-0.05, 0) is 49.7 Å². The molecule has 1 aliphatic heterocycles. The van der Waals surface area contributed by atoms with E-state index in [0.717, 1.165) is 47.0 Å². The Morgan fingerprint density at radius 1 is 1.25 bits per heavy atom. The summed E-state index contributed by atoms with van der Waals surface area (Å²) in [5.74, 6) is -1.11. The van der Waals surface area contributed by atoms with Crippen LogP contribution in [0.2, 0.25) is 0 Å². The fourth-order valence-electron chi connectivity index (χ4n) is 3.39. The molecule has 28 heavy (non-hydrogen) atoms. The molecule has 4 rings (SSSR count). The Balaban J connectivity index is 1.55. The molecule has 2 fully saturated rings. The van der Waals surface area contributed by atoms with Gasteiger partial charge in [0, 0.05) is 30.6 Å². The number of carbonyl (C=O) groups excluding carboxylic acids is 1. The number of ether oxygens (including phenoxy) is 1. The predicted molar refractivity (Wildman–Crippen MR) is 103 cm³/mol. The van der Waals surface area contributed by atoms with Gasteiger partial charge in [-0.1, -0.05) is 17.7 Å². The first-order chi connectivity index (χ1) is 13.3. The number of carbonyl (C=O) groups is 1. The van der Waals surface area contributed by atoms with Crippen LogP contribution in [0.25, 0.3) is 0 Å². The summed E-state index contributed by atoms with van der Waals surface area (Å²) in [6.07, 6.45) is 6.57. The van der Waals surface area contributed by atoms with E-state index in [9.17, 15) is 17.6 Å². The lowest BCUT2D eigenvalue weighted by atomic mass is 10.0. The van der Waals surface area contributed by atoms with Crippen molar-refractivity contribution in [2.75, 3.05) is 13.1 Å². The van der Waals surface area contributed by atoms with Crippen molar-refractivity contribution in [3.05, 3.63) is 40.2 Å². The molecule has 1 saturated heterocycles. The number of rotatable bonds is 6. The van der Waals surface area contributed by atoms with Crippen LogP contribution in [0.5, 0.6) is 5.75 Å². The summed E-state index contributed by atoms with van der Waals surface area (Å²) in [7, 11) is -3.93. The van der Waals surface area contributed by atoms with Gasteiger partial charge in [-0.15, -0.1) is 0 Å². The Labute approximate surface area is 168 Å². The van der Waals surface area contributed by atoms with E-state index in [4.69, 9.17) is 16.3 Å². The second-order valence-electron chi connectivity index (χ2n) is 7.50.